The topological polar surface area (TPSA) is 3.24 Å². The van der Waals surface area contributed by atoms with Gasteiger partial charge in [-0.2, -0.15) is 0 Å². The second kappa shape index (κ2) is 14.9. The third-order valence-electron chi connectivity index (χ3n) is 14.5. The first-order valence-corrected chi connectivity index (χ1v) is 22.9. The fourth-order valence-corrected chi connectivity index (χ4v) is 10.9. The van der Waals surface area contributed by atoms with E-state index in [1.165, 1.54) is 99.8 Å². The summed E-state index contributed by atoms with van der Waals surface area (Å²) in [5, 5.41) is 2.53. The first-order chi connectivity index (χ1) is 31.7. The third-order valence-corrected chi connectivity index (χ3v) is 14.5. The van der Waals surface area contributed by atoms with Crippen LogP contribution in [0.3, 0.4) is 0 Å². The number of rotatable bonds is 7. The van der Waals surface area contributed by atoms with E-state index in [-0.39, 0.29) is 10.8 Å². The second-order valence-electron chi connectivity index (χ2n) is 19.0. The number of hydrogen-bond donors (Lipinski definition) is 0. The zero-order chi connectivity index (χ0) is 43.9. The van der Waals surface area contributed by atoms with Crippen LogP contribution in [0.2, 0.25) is 0 Å². The van der Waals surface area contributed by atoms with Crippen molar-refractivity contribution in [3.63, 3.8) is 0 Å². The van der Waals surface area contributed by atoms with E-state index >= 15 is 0 Å². The Hall–Kier alpha value is -7.74. The van der Waals surface area contributed by atoms with Gasteiger partial charge in [-0.3, -0.25) is 0 Å². The van der Waals surface area contributed by atoms with Crippen LogP contribution >= 0.6 is 0 Å². The molecular formula is C64H49N. The molecule has 65 heavy (non-hydrogen) atoms. The van der Waals surface area contributed by atoms with Crippen LogP contribution in [0.4, 0.5) is 17.1 Å². The second-order valence-corrected chi connectivity index (χ2v) is 19.0. The Kier molecular flexibility index (Phi) is 8.94. The van der Waals surface area contributed by atoms with E-state index in [1.54, 1.807) is 0 Å². The predicted molar refractivity (Wildman–Crippen MR) is 276 cm³/mol. The van der Waals surface area contributed by atoms with Crippen LogP contribution in [0.15, 0.2) is 224 Å². The van der Waals surface area contributed by atoms with Crippen LogP contribution < -0.4 is 4.90 Å². The highest BCUT2D eigenvalue weighted by Crippen LogP contribution is 2.55. The monoisotopic (exact) mass is 831 g/mol. The van der Waals surface area contributed by atoms with Crippen molar-refractivity contribution in [3.8, 4) is 66.8 Å². The minimum Gasteiger partial charge on any atom is -0.310 e. The van der Waals surface area contributed by atoms with Crippen LogP contribution in [0.25, 0.3) is 77.5 Å². The molecule has 1 nitrogen and oxygen atoms in total. The lowest BCUT2D eigenvalue weighted by Crippen LogP contribution is -2.18. The number of anilines is 3. The smallest absolute Gasteiger partial charge is 0.0540 e. The van der Waals surface area contributed by atoms with Crippen LogP contribution in [0, 0.1) is 0 Å². The number of hydrogen-bond acceptors (Lipinski definition) is 1. The molecule has 310 valence electrons. The van der Waals surface area contributed by atoms with Crippen LogP contribution in [0.5, 0.6) is 0 Å². The number of fused-ring (bicyclic) bond motifs is 7. The Morgan fingerprint density at radius 3 is 1.23 bits per heavy atom. The van der Waals surface area contributed by atoms with E-state index in [1.807, 2.05) is 0 Å². The average molecular weight is 832 g/mol. The van der Waals surface area contributed by atoms with Gasteiger partial charge >= 0.3 is 0 Å². The lowest BCUT2D eigenvalue weighted by molar-refractivity contribution is 0.660. The van der Waals surface area contributed by atoms with Gasteiger partial charge in [0.15, 0.2) is 0 Å². The highest BCUT2D eigenvalue weighted by Gasteiger charge is 2.38. The van der Waals surface area contributed by atoms with E-state index in [2.05, 4.69) is 257 Å². The molecular weight excluding hydrogens is 783 g/mol. The minimum atomic E-state index is -0.218. The summed E-state index contributed by atoms with van der Waals surface area (Å²) in [4.78, 5) is 2.51. The zero-order valence-electron chi connectivity index (χ0n) is 37.3. The predicted octanol–water partition coefficient (Wildman–Crippen LogP) is 17.6. The van der Waals surface area contributed by atoms with Gasteiger partial charge in [0.05, 0.1) is 5.69 Å². The molecule has 0 fully saturated rings. The van der Waals surface area contributed by atoms with Gasteiger partial charge in [0.1, 0.15) is 0 Å². The Bertz CT molecular complexity index is 3460. The van der Waals surface area contributed by atoms with E-state index in [9.17, 15) is 0 Å². The minimum absolute atomic E-state index is 0.200. The molecule has 10 aromatic rings. The Labute approximate surface area is 383 Å². The molecule has 0 spiro atoms. The average Bonchev–Trinajstić information content (AvgIpc) is 3.72. The standard InChI is InChI=1S/C64H49N/c1-63(2)58-38-49(43-17-9-6-10-18-43)29-33-54(58)56-35-31-51(40-60(56)63)65(62-22-14-13-21-53(62)46-26-23-45(24-27-46)42-15-7-5-8-16-42)52-32-36-57-55-34-30-50(39-59(55)64(3,4)61(57)41-52)48-28-25-44-19-11-12-20-47(44)37-48/h5-41H,1-4H3. The van der Waals surface area contributed by atoms with E-state index in [0.29, 0.717) is 0 Å². The summed E-state index contributed by atoms with van der Waals surface area (Å²) in [6, 6.07) is 83.4. The van der Waals surface area contributed by atoms with Gasteiger partial charge < -0.3 is 4.90 Å². The number of benzene rings is 10. The van der Waals surface area contributed by atoms with Gasteiger partial charge in [0, 0.05) is 27.8 Å². The molecule has 2 aliphatic rings. The molecule has 0 aliphatic heterocycles. The largest absolute Gasteiger partial charge is 0.310 e. The van der Waals surface area contributed by atoms with Crippen molar-refractivity contribution in [2.45, 2.75) is 38.5 Å². The molecule has 0 N–H and O–H groups in total. The van der Waals surface area contributed by atoms with Crippen molar-refractivity contribution in [2.24, 2.45) is 0 Å². The Balaban J connectivity index is 0.992. The van der Waals surface area contributed by atoms with Crippen molar-refractivity contribution >= 4 is 27.8 Å². The fraction of sp³-hybridized carbons (Fsp3) is 0.0938. The molecule has 12 rings (SSSR count). The molecule has 0 atom stereocenters. The van der Waals surface area contributed by atoms with E-state index in [0.717, 1.165) is 17.1 Å². The molecule has 0 saturated carbocycles. The summed E-state index contributed by atoms with van der Waals surface area (Å²) in [6.45, 7) is 9.59. The van der Waals surface area contributed by atoms with Crippen LogP contribution in [0.1, 0.15) is 49.9 Å². The summed E-state index contributed by atoms with van der Waals surface area (Å²) in [5.74, 6) is 0. The fourth-order valence-electron chi connectivity index (χ4n) is 10.9. The first kappa shape index (κ1) is 38.9. The Morgan fingerprint density at radius 1 is 0.262 bits per heavy atom. The summed E-state index contributed by atoms with van der Waals surface area (Å²) in [7, 11) is 0. The van der Waals surface area contributed by atoms with E-state index < -0.39 is 0 Å². The maximum absolute atomic E-state index is 2.51. The number of para-hydroxylation sites is 1. The summed E-state index contributed by atoms with van der Waals surface area (Å²) in [6.07, 6.45) is 0. The van der Waals surface area contributed by atoms with Crippen molar-refractivity contribution in [3.05, 3.63) is 247 Å². The highest BCUT2D eigenvalue weighted by molar-refractivity contribution is 5.94. The summed E-state index contributed by atoms with van der Waals surface area (Å²) in [5.41, 5.74) is 23.5. The van der Waals surface area contributed by atoms with E-state index in [4.69, 9.17) is 0 Å². The van der Waals surface area contributed by atoms with Crippen molar-refractivity contribution in [2.75, 3.05) is 4.90 Å². The Morgan fingerprint density at radius 2 is 0.646 bits per heavy atom. The van der Waals surface area contributed by atoms with Crippen molar-refractivity contribution in [1.82, 2.24) is 0 Å². The number of nitrogens with zero attached hydrogens (tertiary/aromatic N) is 1. The summed E-state index contributed by atoms with van der Waals surface area (Å²) >= 11 is 0. The maximum Gasteiger partial charge on any atom is 0.0540 e. The molecule has 0 bridgehead atoms. The molecule has 0 unspecified atom stereocenters. The molecule has 0 amide bonds. The third kappa shape index (κ3) is 6.37. The molecule has 2 aliphatic carbocycles. The summed E-state index contributed by atoms with van der Waals surface area (Å²) < 4.78 is 0. The van der Waals surface area contributed by atoms with Gasteiger partial charge in [0.2, 0.25) is 0 Å². The molecule has 0 heterocycles. The quantitative estimate of drug-likeness (QED) is 0.155. The normalized spacial score (nSPS) is 13.8. The molecule has 0 radical (unpaired) electrons. The van der Waals surface area contributed by atoms with Gasteiger partial charge in [-0.1, -0.05) is 204 Å². The molecule has 1 heteroatoms. The zero-order valence-corrected chi connectivity index (χ0v) is 37.3. The lowest BCUT2D eigenvalue weighted by Gasteiger charge is -2.31. The van der Waals surface area contributed by atoms with Crippen LogP contribution in [-0.4, -0.2) is 0 Å². The maximum atomic E-state index is 2.51. The molecule has 0 saturated heterocycles. The van der Waals surface area contributed by atoms with Gasteiger partial charge in [-0.15, -0.1) is 0 Å². The highest BCUT2D eigenvalue weighted by atomic mass is 15.1. The lowest BCUT2D eigenvalue weighted by atomic mass is 9.81. The van der Waals surface area contributed by atoms with Gasteiger partial charge in [-0.05, 0) is 143 Å². The first-order valence-electron chi connectivity index (χ1n) is 22.9. The SMILES string of the molecule is CC1(C)c2cc(-c3ccccc3)ccc2-c2ccc(N(c3ccc4c(c3)C(C)(C)c3cc(-c5ccc6ccccc6c5)ccc3-4)c3ccccc3-c3ccc(-c4ccccc4)cc3)cc21. The van der Waals surface area contributed by atoms with Crippen molar-refractivity contribution in [1.29, 1.82) is 0 Å². The van der Waals surface area contributed by atoms with Crippen LogP contribution in [-0.2, 0) is 10.8 Å². The van der Waals surface area contributed by atoms with Gasteiger partial charge in [-0.25, -0.2) is 0 Å². The molecule has 0 aromatic heterocycles. The molecule has 10 aromatic carbocycles. The van der Waals surface area contributed by atoms with Crippen molar-refractivity contribution < 1.29 is 0 Å². The van der Waals surface area contributed by atoms with Gasteiger partial charge in [0.25, 0.3) is 0 Å².